The van der Waals surface area contributed by atoms with Crippen LogP contribution in [0.15, 0.2) is 49.1 Å². The number of halogens is 2. The van der Waals surface area contributed by atoms with E-state index in [0.717, 1.165) is 25.6 Å². The Labute approximate surface area is 209 Å². The van der Waals surface area contributed by atoms with Gasteiger partial charge in [0.2, 0.25) is 5.91 Å². The zero-order valence-corrected chi connectivity index (χ0v) is 20.5. The highest BCUT2D eigenvalue weighted by atomic mass is 19.1. The van der Waals surface area contributed by atoms with Crippen molar-refractivity contribution in [1.29, 1.82) is 0 Å². The van der Waals surface area contributed by atoms with E-state index in [1.54, 1.807) is 34.0 Å². The number of rotatable bonds is 6. The molecule has 0 radical (unpaired) electrons. The second-order valence-corrected chi connectivity index (χ2v) is 10.2. The molecule has 0 saturated carbocycles. The molecule has 5 rings (SSSR count). The number of nitrogens with one attached hydrogen (secondary N) is 1. The van der Waals surface area contributed by atoms with Crippen LogP contribution < -0.4 is 5.32 Å². The summed E-state index contributed by atoms with van der Waals surface area (Å²) >= 11 is 0. The molecule has 190 valence electrons. The van der Waals surface area contributed by atoms with E-state index in [1.165, 1.54) is 12.1 Å². The first-order valence-corrected chi connectivity index (χ1v) is 12.5. The summed E-state index contributed by atoms with van der Waals surface area (Å²) in [4.78, 5) is 35.0. The second-order valence-electron chi connectivity index (χ2n) is 10.2. The first-order chi connectivity index (χ1) is 17.3. The van der Waals surface area contributed by atoms with Crippen LogP contribution in [0.2, 0.25) is 0 Å². The van der Waals surface area contributed by atoms with Gasteiger partial charge in [-0.1, -0.05) is 13.8 Å². The van der Waals surface area contributed by atoms with Crippen molar-refractivity contribution in [2.45, 2.75) is 44.7 Å². The summed E-state index contributed by atoms with van der Waals surface area (Å²) in [6.07, 6.45) is 6.65. The minimum Gasteiger partial charge on any atom is -0.350 e. The van der Waals surface area contributed by atoms with Gasteiger partial charge < -0.3 is 14.6 Å². The molecule has 2 saturated heterocycles. The van der Waals surface area contributed by atoms with Gasteiger partial charge in [-0.3, -0.25) is 14.5 Å². The van der Waals surface area contributed by atoms with E-state index in [0.29, 0.717) is 29.6 Å². The molecule has 2 amide bonds. The number of likely N-dealkylation sites (tertiary alicyclic amines) is 2. The van der Waals surface area contributed by atoms with E-state index < -0.39 is 17.7 Å². The maximum atomic E-state index is 14.1. The van der Waals surface area contributed by atoms with Gasteiger partial charge in [0.25, 0.3) is 5.91 Å². The molecule has 0 aliphatic carbocycles. The maximum Gasteiger partial charge on any atom is 0.256 e. The van der Waals surface area contributed by atoms with E-state index in [9.17, 15) is 18.4 Å². The fourth-order valence-corrected chi connectivity index (χ4v) is 5.55. The van der Waals surface area contributed by atoms with Crippen molar-refractivity contribution in [3.63, 3.8) is 0 Å². The lowest BCUT2D eigenvalue weighted by molar-refractivity contribution is -0.131. The Bertz CT molecular complexity index is 1250. The van der Waals surface area contributed by atoms with Crippen LogP contribution in [-0.4, -0.2) is 69.3 Å². The van der Waals surface area contributed by atoms with E-state index in [2.05, 4.69) is 15.2 Å². The van der Waals surface area contributed by atoms with E-state index in [-0.39, 0.29) is 36.2 Å². The zero-order valence-electron chi connectivity index (χ0n) is 20.5. The lowest BCUT2D eigenvalue weighted by Crippen LogP contribution is -2.60. The van der Waals surface area contributed by atoms with Crippen molar-refractivity contribution >= 4 is 17.3 Å². The number of nitrogens with zero attached hydrogens (tertiary/aromatic N) is 4. The summed E-state index contributed by atoms with van der Waals surface area (Å²) in [5, 5.41) is 3.17. The third-order valence-corrected chi connectivity index (χ3v) is 7.41. The molecular weight excluding hydrogens is 464 g/mol. The van der Waals surface area contributed by atoms with Crippen LogP contribution >= 0.6 is 0 Å². The third-order valence-electron chi connectivity index (χ3n) is 7.41. The Morgan fingerprint density at radius 3 is 2.53 bits per heavy atom. The number of benzene rings is 1. The topological polar surface area (TPSA) is 70.0 Å². The predicted octanol–water partition coefficient (Wildman–Crippen LogP) is 3.46. The van der Waals surface area contributed by atoms with Crippen LogP contribution in [0.3, 0.4) is 0 Å². The van der Waals surface area contributed by atoms with Gasteiger partial charge in [0.15, 0.2) is 0 Å². The summed E-state index contributed by atoms with van der Waals surface area (Å²) in [5.74, 6) is -1.78. The largest absolute Gasteiger partial charge is 0.350 e. The van der Waals surface area contributed by atoms with Crippen LogP contribution in [0.1, 0.15) is 48.5 Å². The number of hydrogen-bond donors (Lipinski definition) is 1. The molecule has 0 spiro atoms. The third kappa shape index (κ3) is 4.72. The van der Waals surface area contributed by atoms with Crippen LogP contribution in [-0.2, 0) is 4.79 Å². The van der Waals surface area contributed by atoms with Gasteiger partial charge in [-0.15, -0.1) is 0 Å². The summed E-state index contributed by atoms with van der Waals surface area (Å²) in [5.41, 5.74) is 1.72. The second kappa shape index (κ2) is 9.97. The molecule has 0 unspecified atom stereocenters. The molecule has 36 heavy (non-hydrogen) atoms. The standard InChI is InChI=1S/C27H31F2N5O2/c1-17(2)25(32-8-4-9-32)26(35)31-23-15-33(10-6-21(23)18-11-19(28)13-20(29)12-18)27(36)22-5-3-7-34-16-30-14-24(22)34/h3,5,7,11-14,16-17,21,23,25H,4,6,8-10,15H2,1-2H3,(H,31,35)/t21-,23+,25+/m0/s1. The van der Waals surface area contributed by atoms with Crippen molar-refractivity contribution in [3.05, 3.63) is 71.8 Å². The quantitative estimate of drug-likeness (QED) is 0.569. The lowest BCUT2D eigenvalue weighted by Gasteiger charge is -2.43. The fourth-order valence-electron chi connectivity index (χ4n) is 5.55. The van der Waals surface area contributed by atoms with Crippen LogP contribution in [0, 0.1) is 17.6 Å². The van der Waals surface area contributed by atoms with Gasteiger partial charge >= 0.3 is 0 Å². The molecule has 9 heteroatoms. The van der Waals surface area contributed by atoms with Crippen LogP contribution in [0.5, 0.6) is 0 Å². The Balaban J connectivity index is 1.43. The monoisotopic (exact) mass is 495 g/mol. The average Bonchev–Trinajstić information content (AvgIpc) is 3.29. The summed E-state index contributed by atoms with van der Waals surface area (Å²) in [6.45, 7) is 6.44. The maximum absolute atomic E-state index is 14.1. The molecule has 3 aromatic rings. The molecular formula is C27H31F2N5O2. The number of aromatic nitrogens is 2. The summed E-state index contributed by atoms with van der Waals surface area (Å²) in [6, 6.07) is 6.29. The highest BCUT2D eigenvalue weighted by Gasteiger charge is 2.38. The number of piperidine rings is 1. The first-order valence-electron chi connectivity index (χ1n) is 12.5. The van der Waals surface area contributed by atoms with E-state index >= 15 is 0 Å². The number of imidazole rings is 1. The number of pyridine rings is 1. The summed E-state index contributed by atoms with van der Waals surface area (Å²) < 4.78 is 30.0. The highest BCUT2D eigenvalue weighted by Crippen LogP contribution is 2.31. The molecule has 0 bridgehead atoms. The highest BCUT2D eigenvalue weighted by molar-refractivity contribution is 6.00. The minimum absolute atomic E-state index is 0.108. The van der Waals surface area contributed by atoms with Gasteiger partial charge in [-0.05, 0) is 48.6 Å². The zero-order chi connectivity index (χ0) is 25.4. The average molecular weight is 496 g/mol. The van der Waals surface area contributed by atoms with E-state index in [4.69, 9.17) is 0 Å². The number of hydrogen-bond acceptors (Lipinski definition) is 4. The van der Waals surface area contributed by atoms with Gasteiger partial charge in [0.05, 0.1) is 35.7 Å². The number of carbonyl (C=O) groups excluding carboxylic acids is 2. The van der Waals surface area contributed by atoms with E-state index in [1.807, 2.05) is 20.0 Å². The number of fused-ring (bicyclic) bond motifs is 1. The molecule has 3 atom stereocenters. The Morgan fingerprint density at radius 1 is 1.11 bits per heavy atom. The number of amides is 2. The molecule has 2 aliphatic rings. The molecule has 2 fully saturated rings. The molecule has 4 heterocycles. The van der Waals surface area contributed by atoms with Crippen molar-refractivity contribution in [2.75, 3.05) is 26.2 Å². The van der Waals surface area contributed by atoms with Crippen LogP contribution in [0.4, 0.5) is 8.78 Å². The van der Waals surface area contributed by atoms with Crippen molar-refractivity contribution in [2.24, 2.45) is 5.92 Å². The Kier molecular flexibility index (Phi) is 6.75. The Morgan fingerprint density at radius 2 is 1.86 bits per heavy atom. The van der Waals surface area contributed by atoms with Gasteiger partial charge in [0, 0.05) is 44.4 Å². The number of carbonyl (C=O) groups is 2. The molecule has 2 aromatic heterocycles. The summed E-state index contributed by atoms with van der Waals surface area (Å²) in [7, 11) is 0. The lowest BCUT2D eigenvalue weighted by atomic mass is 9.84. The van der Waals surface area contributed by atoms with Crippen molar-refractivity contribution < 1.29 is 18.4 Å². The minimum atomic E-state index is -0.651. The molecule has 7 nitrogen and oxygen atoms in total. The molecule has 2 aliphatic heterocycles. The fraction of sp³-hybridized carbons (Fsp3) is 0.444. The van der Waals surface area contributed by atoms with Crippen molar-refractivity contribution in [1.82, 2.24) is 24.5 Å². The molecule has 1 aromatic carbocycles. The molecule has 1 N–H and O–H groups in total. The van der Waals surface area contributed by atoms with Gasteiger partial charge in [-0.25, -0.2) is 13.8 Å². The normalized spacial score (nSPS) is 21.4. The van der Waals surface area contributed by atoms with Crippen LogP contribution in [0.25, 0.3) is 5.52 Å². The first kappa shape index (κ1) is 24.4. The van der Waals surface area contributed by atoms with Gasteiger partial charge in [-0.2, -0.15) is 0 Å². The predicted molar refractivity (Wildman–Crippen MR) is 132 cm³/mol. The SMILES string of the molecule is CC(C)[C@H](C(=O)N[C@@H]1CN(C(=O)c2cccn3cncc23)CC[C@H]1c1cc(F)cc(F)c1)N1CCC1. The Hall–Kier alpha value is -3.33. The van der Waals surface area contributed by atoms with Crippen molar-refractivity contribution in [3.8, 4) is 0 Å². The smallest absolute Gasteiger partial charge is 0.256 e. The van der Waals surface area contributed by atoms with Gasteiger partial charge in [0.1, 0.15) is 11.6 Å².